The maximum atomic E-state index is 11.7. The molecule has 2 aromatic carbocycles. The van der Waals surface area contributed by atoms with E-state index in [0.717, 1.165) is 0 Å². The fourth-order valence-electron chi connectivity index (χ4n) is 1.81. The molecule has 0 fully saturated rings. The number of anilines is 2. The van der Waals surface area contributed by atoms with Gasteiger partial charge >= 0.3 is 5.97 Å². The number of hydrogen-bond acceptors (Lipinski definition) is 5. The first-order valence-electron chi connectivity index (χ1n) is 6.39. The second kappa shape index (κ2) is 6.51. The molecule has 6 heteroatoms. The van der Waals surface area contributed by atoms with Crippen molar-refractivity contribution in [3.8, 4) is 0 Å². The number of rotatable bonds is 5. The summed E-state index contributed by atoms with van der Waals surface area (Å²) in [6, 6.07) is 13.1. The minimum Gasteiger partial charge on any atom is -0.462 e. The van der Waals surface area contributed by atoms with Crippen LogP contribution in [0.4, 0.5) is 17.1 Å². The normalized spacial score (nSPS) is 9.95. The SMILES string of the molecule is CCOC(=O)c1ccc([N+](=O)[O-])c(Nc2ccccc2)c1. The van der Waals surface area contributed by atoms with E-state index >= 15 is 0 Å². The number of benzene rings is 2. The Bertz CT molecular complexity index is 656. The van der Waals surface area contributed by atoms with Gasteiger partial charge in [-0.1, -0.05) is 18.2 Å². The lowest BCUT2D eigenvalue weighted by atomic mass is 10.1. The predicted octanol–water partition coefficient (Wildman–Crippen LogP) is 3.52. The zero-order valence-electron chi connectivity index (χ0n) is 11.4. The first kappa shape index (κ1) is 14.5. The fourth-order valence-corrected chi connectivity index (χ4v) is 1.81. The summed E-state index contributed by atoms with van der Waals surface area (Å²) in [5, 5.41) is 14.0. The number of ether oxygens (including phenoxy) is 1. The summed E-state index contributed by atoms with van der Waals surface area (Å²) < 4.78 is 4.90. The topological polar surface area (TPSA) is 81.5 Å². The van der Waals surface area contributed by atoms with Crippen LogP contribution in [0.2, 0.25) is 0 Å². The largest absolute Gasteiger partial charge is 0.462 e. The van der Waals surface area contributed by atoms with Crippen LogP contribution in [0, 0.1) is 10.1 Å². The van der Waals surface area contributed by atoms with Crippen molar-refractivity contribution in [2.24, 2.45) is 0 Å². The Kier molecular flexibility index (Phi) is 4.50. The lowest BCUT2D eigenvalue weighted by Crippen LogP contribution is -2.06. The third kappa shape index (κ3) is 3.56. The van der Waals surface area contributed by atoms with E-state index in [1.807, 2.05) is 18.2 Å². The summed E-state index contributed by atoms with van der Waals surface area (Å²) in [6.07, 6.45) is 0. The molecule has 0 unspecified atom stereocenters. The van der Waals surface area contributed by atoms with Crippen molar-refractivity contribution in [3.63, 3.8) is 0 Å². The molecular formula is C15H14N2O4. The maximum Gasteiger partial charge on any atom is 0.338 e. The summed E-state index contributed by atoms with van der Waals surface area (Å²) in [5.41, 5.74) is 1.10. The Hall–Kier alpha value is -2.89. The summed E-state index contributed by atoms with van der Waals surface area (Å²) >= 11 is 0. The number of carbonyl (C=O) groups is 1. The molecule has 0 aliphatic rings. The summed E-state index contributed by atoms with van der Waals surface area (Å²) in [7, 11) is 0. The highest BCUT2D eigenvalue weighted by Gasteiger charge is 2.17. The Labute approximate surface area is 121 Å². The van der Waals surface area contributed by atoms with E-state index in [4.69, 9.17) is 4.74 Å². The molecule has 1 N–H and O–H groups in total. The molecule has 0 amide bonds. The van der Waals surface area contributed by atoms with Gasteiger partial charge in [-0.2, -0.15) is 0 Å². The average Bonchev–Trinajstić information content (AvgIpc) is 2.48. The van der Waals surface area contributed by atoms with Gasteiger partial charge in [-0.05, 0) is 31.2 Å². The molecule has 6 nitrogen and oxygen atoms in total. The van der Waals surface area contributed by atoms with Crippen molar-refractivity contribution in [2.75, 3.05) is 11.9 Å². The van der Waals surface area contributed by atoms with Crippen LogP contribution in [0.5, 0.6) is 0 Å². The second-order valence-corrected chi connectivity index (χ2v) is 4.20. The number of hydrogen-bond donors (Lipinski definition) is 1. The second-order valence-electron chi connectivity index (χ2n) is 4.20. The summed E-state index contributed by atoms with van der Waals surface area (Å²) in [6.45, 7) is 1.95. The molecule has 0 aromatic heterocycles. The highest BCUT2D eigenvalue weighted by molar-refractivity contribution is 5.92. The van der Waals surface area contributed by atoms with Crippen LogP contribution in [0.25, 0.3) is 0 Å². The van der Waals surface area contributed by atoms with Crippen molar-refractivity contribution < 1.29 is 14.5 Å². The Balaban J connectivity index is 2.37. The Morgan fingerprint density at radius 1 is 1.24 bits per heavy atom. The van der Waals surface area contributed by atoms with Gasteiger partial charge in [0, 0.05) is 11.8 Å². The third-order valence-electron chi connectivity index (χ3n) is 2.76. The third-order valence-corrected chi connectivity index (χ3v) is 2.76. The molecule has 0 heterocycles. The molecule has 2 aromatic rings. The monoisotopic (exact) mass is 286 g/mol. The van der Waals surface area contributed by atoms with Crippen LogP contribution < -0.4 is 5.32 Å². The molecule has 2 rings (SSSR count). The zero-order valence-corrected chi connectivity index (χ0v) is 11.4. The van der Waals surface area contributed by atoms with E-state index in [1.165, 1.54) is 18.2 Å². The highest BCUT2D eigenvalue weighted by atomic mass is 16.6. The standard InChI is InChI=1S/C15H14N2O4/c1-2-21-15(18)11-8-9-14(17(19)20)13(10-11)16-12-6-4-3-5-7-12/h3-10,16H,2H2,1H3. The van der Waals surface area contributed by atoms with Crippen LogP contribution in [-0.4, -0.2) is 17.5 Å². The highest BCUT2D eigenvalue weighted by Crippen LogP contribution is 2.28. The van der Waals surface area contributed by atoms with Gasteiger partial charge in [-0.3, -0.25) is 10.1 Å². The van der Waals surface area contributed by atoms with Gasteiger partial charge in [-0.25, -0.2) is 4.79 Å². The number of nitro benzene ring substituents is 1. The van der Waals surface area contributed by atoms with Gasteiger partial charge in [0.1, 0.15) is 5.69 Å². The van der Waals surface area contributed by atoms with Crippen molar-refractivity contribution in [1.29, 1.82) is 0 Å². The van der Waals surface area contributed by atoms with E-state index in [1.54, 1.807) is 19.1 Å². The molecule has 0 saturated carbocycles. The molecular weight excluding hydrogens is 272 g/mol. The Morgan fingerprint density at radius 3 is 2.57 bits per heavy atom. The minimum atomic E-state index is -0.511. The van der Waals surface area contributed by atoms with Crippen LogP contribution in [0.3, 0.4) is 0 Å². The number of nitrogens with one attached hydrogen (secondary N) is 1. The van der Waals surface area contributed by atoms with E-state index in [0.29, 0.717) is 5.69 Å². The first-order valence-corrected chi connectivity index (χ1v) is 6.39. The van der Waals surface area contributed by atoms with E-state index in [2.05, 4.69) is 5.32 Å². The molecule has 0 aliphatic heterocycles. The van der Waals surface area contributed by atoms with Gasteiger partial charge in [0.2, 0.25) is 0 Å². The molecule has 0 spiro atoms. The number of nitro groups is 1. The average molecular weight is 286 g/mol. The molecule has 0 radical (unpaired) electrons. The van der Waals surface area contributed by atoms with Crippen LogP contribution in [-0.2, 0) is 4.74 Å². The maximum absolute atomic E-state index is 11.7. The number of esters is 1. The number of carbonyl (C=O) groups excluding carboxylic acids is 1. The molecule has 108 valence electrons. The van der Waals surface area contributed by atoms with Crippen molar-refractivity contribution >= 4 is 23.0 Å². The molecule has 0 aliphatic carbocycles. The minimum absolute atomic E-state index is 0.105. The van der Waals surface area contributed by atoms with Crippen molar-refractivity contribution in [1.82, 2.24) is 0 Å². The van der Waals surface area contributed by atoms with Gasteiger partial charge in [-0.15, -0.1) is 0 Å². The lowest BCUT2D eigenvalue weighted by molar-refractivity contribution is -0.383. The molecule has 0 bridgehead atoms. The quantitative estimate of drug-likeness (QED) is 0.516. The van der Waals surface area contributed by atoms with Crippen molar-refractivity contribution in [3.05, 3.63) is 64.2 Å². The predicted molar refractivity (Wildman–Crippen MR) is 78.8 cm³/mol. The van der Waals surface area contributed by atoms with Gasteiger partial charge < -0.3 is 10.1 Å². The molecule has 0 saturated heterocycles. The lowest BCUT2D eigenvalue weighted by Gasteiger charge is -2.09. The summed E-state index contributed by atoms with van der Waals surface area (Å²) in [5.74, 6) is -0.511. The van der Waals surface area contributed by atoms with Crippen LogP contribution in [0.15, 0.2) is 48.5 Å². The Morgan fingerprint density at radius 2 is 1.95 bits per heavy atom. The zero-order chi connectivity index (χ0) is 15.2. The summed E-state index contributed by atoms with van der Waals surface area (Å²) in [4.78, 5) is 22.3. The van der Waals surface area contributed by atoms with Gasteiger partial charge in [0.25, 0.3) is 5.69 Å². The fraction of sp³-hybridized carbons (Fsp3) is 0.133. The smallest absolute Gasteiger partial charge is 0.338 e. The molecule has 21 heavy (non-hydrogen) atoms. The molecule has 0 atom stereocenters. The first-order chi connectivity index (χ1) is 10.1. The van der Waals surface area contributed by atoms with Crippen LogP contribution in [0.1, 0.15) is 17.3 Å². The van der Waals surface area contributed by atoms with Gasteiger partial charge in [0.15, 0.2) is 0 Å². The van der Waals surface area contributed by atoms with Crippen LogP contribution >= 0.6 is 0 Å². The van der Waals surface area contributed by atoms with Gasteiger partial charge in [0.05, 0.1) is 17.1 Å². The number of nitrogens with zero attached hydrogens (tertiary/aromatic N) is 1. The van der Waals surface area contributed by atoms with Crippen molar-refractivity contribution in [2.45, 2.75) is 6.92 Å². The van der Waals surface area contributed by atoms with E-state index in [-0.39, 0.29) is 23.5 Å². The van der Waals surface area contributed by atoms with E-state index < -0.39 is 10.9 Å². The van der Waals surface area contributed by atoms with E-state index in [9.17, 15) is 14.9 Å². The number of para-hydroxylation sites is 1.